The summed E-state index contributed by atoms with van der Waals surface area (Å²) in [7, 11) is 1.60. The maximum atomic E-state index is 13.5. The molecule has 0 atom stereocenters. The van der Waals surface area contributed by atoms with E-state index in [0.29, 0.717) is 6.54 Å². The first-order valence-corrected chi connectivity index (χ1v) is 7.46. The van der Waals surface area contributed by atoms with Crippen LogP contribution in [-0.4, -0.2) is 19.7 Å². The van der Waals surface area contributed by atoms with E-state index in [0.717, 1.165) is 23.4 Å². The van der Waals surface area contributed by atoms with E-state index in [1.165, 1.54) is 6.07 Å². The summed E-state index contributed by atoms with van der Waals surface area (Å²) in [4.78, 5) is 11.9. The van der Waals surface area contributed by atoms with Crippen molar-refractivity contribution in [1.29, 1.82) is 0 Å². The van der Waals surface area contributed by atoms with Crippen molar-refractivity contribution < 1.29 is 18.3 Å². The number of urea groups is 1. The Morgan fingerprint density at radius 2 is 1.79 bits per heavy atom. The second-order valence-electron chi connectivity index (χ2n) is 6.04. The molecule has 2 N–H and O–H groups in total. The molecule has 24 heavy (non-hydrogen) atoms. The SMILES string of the molecule is COc1ccc(C(C)(C)CNC(=O)Nc2ccc(F)cc2F)cc1. The summed E-state index contributed by atoms with van der Waals surface area (Å²) in [5, 5.41) is 5.07. The standard InChI is InChI=1S/C18H20F2N2O2/c1-18(2,12-4-7-14(24-3)8-5-12)11-21-17(23)22-16-9-6-13(19)10-15(16)20/h4-10H,11H2,1-3H3,(H2,21,22,23). The molecule has 2 amide bonds. The van der Waals surface area contributed by atoms with Gasteiger partial charge in [-0.3, -0.25) is 0 Å². The summed E-state index contributed by atoms with van der Waals surface area (Å²) in [5.74, 6) is -0.759. The molecule has 128 valence electrons. The largest absolute Gasteiger partial charge is 0.497 e. The van der Waals surface area contributed by atoms with Crippen molar-refractivity contribution in [3.05, 3.63) is 59.7 Å². The van der Waals surface area contributed by atoms with Crippen LogP contribution in [0.5, 0.6) is 5.75 Å². The second-order valence-corrected chi connectivity index (χ2v) is 6.04. The molecule has 0 bridgehead atoms. The Morgan fingerprint density at radius 1 is 1.12 bits per heavy atom. The maximum absolute atomic E-state index is 13.5. The van der Waals surface area contributed by atoms with Gasteiger partial charge >= 0.3 is 6.03 Å². The van der Waals surface area contributed by atoms with Crippen LogP contribution in [0, 0.1) is 11.6 Å². The van der Waals surface area contributed by atoms with Gasteiger partial charge in [-0.25, -0.2) is 13.6 Å². The molecule has 0 spiro atoms. The fourth-order valence-electron chi connectivity index (χ4n) is 2.20. The smallest absolute Gasteiger partial charge is 0.319 e. The summed E-state index contributed by atoms with van der Waals surface area (Å²) in [6.07, 6.45) is 0. The summed E-state index contributed by atoms with van der Waals surface area (Å²) < 4.78 is 31.5. The molecule has 2 rings (SSSR count). The number of carbonyl (C=O) groups is 1. The maximum Gasteiger partial charge on any atom is 0.319 e. The molecule has 6 heteroatoms. The second kappa shape index (κ2) is 7.29. The first-order chi connectivity index (χ1) is 11.3. The molecule has 0 radical (unpaired) electrons. The number of methoxy groups -OCH3 is 1. The van der Waals surface area contributed by atoms with Gasteiger partial charge in [-0.2, -0.15) is 0 Å². The van der Waals surface area contributed by atoms with Gasteiger partial charge in [0.1, 0.15) is 17.4 Å². The first kappa shape index (κ1) is 17.7. The number of hydrogen-bond acceptors (Lipinski definition) is 2. The van der Waals surface area contributed by atoms with Crippen LogP contribution in [0.25, 0.3) is 0 Å². The zero-order valence-corrected chi connectivity index (χ0v) is 13.8. The molecule has 0 fully saturated rings. The molecule has 2 aromatic rings. The highest BCUT2D eigenvalue weighted by Crippen LogP contribution is 2.24. The van der Waals surface area contributed by atoms with Crippen LogP contribution in [0.4, 0.5) is 19.3 Å². The van der Waals surface area contributed by atoms with E-state index in [1.807, 2.05) is 38.1 Å². The predicted octanol–water partition coefficient (Wildman–Crippen LogP) is 4.07. The van der Waals surface area contributed by atoms with Gasteiger partial charge in [0.05, 0.1) is 12.8 Å². The Morgan fingerprint density at radius 3 is 2.38 bits per heavy atom. The van der Waals surface area contributed by atoms with Gasteiger partial charge in [-0.1, -0.05) is 26.0 Å². The molecule has 0 aromatic heterocycles. The van der Waals surface area contributed by atoms with Crippen molar-refractivity contribution in [1.82, 2.24) is 5.32 Å². The Balaban J connectivity index is 1.96. The minimum absolute atomic E-state index is 0.0730. The third-order valence-corrected chi connectivity index (χ3v) is 3.74. The molecule has 0 saturated carbocycles. The lowest BCUT2D eigenvalue weighted by Crippen LogP contribution is -2.39. The zero-order valence-electron chi connectivity index (χ0n) is 13.8. The summed E-state index contributed by atoms with van der Waals surface area (Å²) in [6.45, 7) is 4.30. The summed E-state index contributed by atoms with van der Waals surface area (Å²) in [6, 6.07) is 9.99. The monoisotopic (exact) mass is 334 g/mol. The molecule has 2 aromatic carbocycles. The Kier molecular flexibility index (Phi) is 5.39. The number of carbonyl (C=O) groups excluding carboxylic acids is 1. The topological polar surface area (TPSA) is 50.4 Å². The van der Waals surface area contributed by atoms with Crippen LogP contribution < -0.4 is 15.4 Å². The van der Waals surface area contributed by atoms with Crippen LogP contribution in [0.15, 0.2) is 42.5 Å². The predicted molar refractivity (Wildman–Crippen MR) is 89.4 cm³/mol. The molecule has 0 aliphatic carbocycles. The number of hydrogen-bond donors (Lipinski definition) is 2. The summed E-state index contributed by atoms with van der Waals surface area (Å²) in [5.41, 5.74) is 0.623. The van der Waals surface area contributed by atoms with Gasteiger partial charge < -0.3 is 15.4 Å². The van der Waals surface area contributed by atoms with E-state index in [4.69, 9.17) is 4.74 Å². The van der Waals surface area contributed by atoms with E-state index < -0.39 is 17.7 Å². The molecule has 0 unspecified atom stereocenters. The quantitative estimate of drug-likeness (QED) is 0.866. The molecule has 0 aliphatic rings. The number of halogens is 2. The minimum Gasteiger partial charge on any atom is -0.497 e. The molecule has 0 heterocycles. The van der Waals surface area contributed by atoms with Crippen molar-refractivity contribution in [3.63, 3.8) is 0 Å². The van der Waals surface area contributed by atoms with Crippen molar-refractivity contribution in [2.75, 3.05) is 19.0 Å². The Bertz CT molecular complexity index is 715. The van der Waals surface area contributed by atoms with Crippen LogP contribution in [0.1, 0.15) is 19.4 Å². The number of rotatable bonds is 5. The number of benzene rings is 2. The minimum atomic E-state index is -0.820. The number of ether oxygens (including phenoxy) is 1. The lowest BCUT2D eigenvalue weighted by molar-refractivity contribution is 0.249. The first-order valence-electron chi connectivity index (χ1n) is 7.46. The van der Waals surface area contributed by atoms with Gasteiger partial charge in [0, 0.05) is 18.0 Å². The highest BCUT2D eigenvalue weighted by atomic mass is 19.1. The van der Waals surface area contributed by atoms with Crippen molar-refractivity contribution in [3.8, 4) is 5.75 Å². The highest BCUT2D eigenvalue weighted by molar-refractivity contribution is 5.89. The average molecular weight is 334 g/mol. The van der Waals surface area contributed by atoms with Gasteiger partial charge in [-0.15, -0.1) is 0 Å². The fourth-order valence-corrected chi connectivity index (χ4v) is 2.20. The van der Waals surface area contributed by atoms with Crippen LogP contribution in [-0.2, 0) is 5.41 Å². The average Bonchev–Trinajstić information content (AvgIpc) is 2.56. The van der Waals surface area contributed by atoms with Gasteiger partial charge in [0.2, 0.25) is 0 Å². The van der Waals surface area contributed by atoms with Crippen LogP contribution in [0.3, 0.4) is 0 Å². The third kappa shape index (κ3) is 4.44. The van der Waals surface area contributed by atoms with Gasteiger partial charge in [0.15, 0.2) is 0 Å². The lowest BCUT2D eigenvalue weighted by Gasteiger charge is -2.26. The Labute approximate surface area is 139 Å². The van der Waals surface area contributed by atoms with E-state index in [2.05, 4.69) is 10.6 Å². The van der Waals surface area contributed by atoms with Crippen molar-refractivity contribution >= 4 is 11.7 Å². The van der Waals surface area contributed by atoms with E-state index >= 15 is 0 Å². The number of amides is 2. The van der Waals surface area contributed by atoms with Crippen LogP contribution >= 0.6 is 0 Å². The van der Waals surface area contributed by atoms with Crippen LogP contribution in [0.2, 0.25) is 0 Å². The van der Waals surface area contributed by atoms with Gasteiger partial charge in [-0.05, 0) is 29.8 Å². The molecule has 0 saturated heterocycles. The Hall–Kier alpha value is -2.63. The molecule has 4 nitrogen and oxygen atoms in total. The normalized spacial score (nSPS) is 11.0. The zero-order chi connectivity index (χ0) is 17.7. The highest BCUT2D eigenvalue weighted by Gasteiger charge is 2.21. The van der Waals surface area contributed by atoms with Crippen molar-refractivity contribution in [2.24, 2.45) is 0 Å². The number of nitrogens with one attached hydrogen (secondary N) is 2. The molecule has 0 aliphatic heterocycles. The van der Waals surface area contributed by atoms with Crippen molar-refractivity contribution in [2.45, 2.75) is 19.3 Å². The molecular formula is C18H20F2N2O2. The van der Waals surface area contributed by atoms with E-state index in [1.54, 1.807) is 7.11 Å². The van der Waals surface area contributed by atoms with E-state index in [-0.39, 0.29) is 11.1 Å². The fraction of sp³-hybridized carbons (Fsp3) is 0.278. The lowest BCUT2D eigenvalue weighted by atomic mass is 9.84. The molecular weight excluding hydrogens is 314 g/mol. The third-order valence-electron chi connectivity index (χ3n) is 3.74. The summed E-state index contributed by atoms with van der Waals surface area (Å²) >= 11 is 0. The van der Waals surface area contributed by atoms with Gasteiger partial charge in [0.25, 0.3) is 0 Å². The number of anilines is 1. The van der Waals surface area contributed by atoms with E-state index in [9.17, 15) is 13.6 Å².